The van der Waals surface area contributed by atoms with Crippen LogP contribution in [-0.2, 0) is 0 Å². The molecule has 0 bridgehead atoms. The SMILES string of the molecule is [2H]c1c([2H])c(-c2coc3c([2H])c(O)c(OC)c([2H])c3c2=O)c([2H])c([2H])c1O. The molecule has 3 aromatic rings. The lowest BCUT2D eigenvalue weighted by atomic mass is 10.1. The number of aromatic hydroxyl groups is 2. The smallest absolute Gasteiger partial charge is 0.200 e. The van der Waals surface area contributed by atoms with E-state index in [-0.39, 0.29) is 11.1 Å². The lowest BCUT2D eigenvalue weighted by Crippen LogP contribution is -2.05. The molecule has 0 atom stereocenters. The molecule has 3 rings (SSSR count). The van der Waals surface area contributed by atoms with E-state index in [9.17, 15) is 15.0 Å². The zero-order valence-electron chi connectivity index (χ0n) is 16.7. The number of phenols is 2. The predicted octanol–water partition coefficient (Wildman–Crippen LogP) is 2.88. The summed E-state index contributed by atoms with van der Waals surface area (Å²) in [5.41, 5.74) is -2.10. The second kappa shape index (κ2) is 4.86. The van der Waals surface area contributed by atoms with Crippen molar-refractivity contribution in [2.75, 3.05) is 7.11 Å². The van der Waals surface area contributed by atoms with Gasteiger partial charge in [-0.3, -0.25) is 4.79 Å². The molecule has 0 fully saturated rings. The molecule has 5 heteroatoms. The molecule has 2 aromatic carbocycles. The molecule has 0 unspecified atom stereocenters. The summed E-state index contributed by atoms with van der Waals surface area (Å²) in [7, 11) is 1.15. The maximum Gasteiger partial charge on any atom is 0.200 e. The summed E-state index contributed by atoms with van der Waals surface area (Å²) < 4.78 is 57.3. The van der Waals surface area contributed by atoms with Crippen molar-refractivity contribution < 1.29 is 27.6 Å². The molecule has 5 nitrogen and oxygen atoms in total. The highest BCUT2D eigenvalue weighted by atomic mass is 16.5. The van der Waals surface area contributed by atoms with Gasteiger partial charge in [-0.15, -0.1) is 0 Å². The van der Waals surface area contributed by atoms with Crippen LogP contribution < -0.4 is 10.2 Å². The van der Waals surface area contributed by atoms with Crippen LogP contribution in [0, 0.1) is 0 Å². The van der Waals surface area contributed by atoms with Gasteiger partial charge in [0.25, 0.3) is 0 Å². The van der Waals surface area contributed by atoms with Crippen molar-refractivity contribution in [2.45, 2.75) is 0 Å². The Kier molecular flexibility index (Phi) is 1.79. The molecule has 2 N–H and O–H groups in total. The molecule has 0 saturated heterocycles. The highest BCUT2D eigenvalue weighted by Crippen LogP contribution is 2.31. The Morgan fingerprint density at radius 1 is 1.19 bits per heavy atom. The molecule has 0 aliphatic heterocycles. The van der Waals surface area contributed by atoms with Crippen molar-refractivity contribution in [2.24, 2.45) is 0 Å². The first-order valence-corrected chi connectivity index (χ1v) is 5.74. The van der Waals surface area contributed by atoms with Crippen LogP contribution in [0.15, 0.2) is 51.7 Å². The molecule has 1 aromatic heterocycles. The number of fused-ring (bicyclic) bond motifs is 1. The zero-order valence-corrected chi connectivity index (χ0v) is 10.7. The van der Waals surface area contributed by atoms with Crippen LogP contribution in [0.4, 0.5) is 0 Å². The first-order valence-electron chi connectivity index (χ1n) is 8.74. The Balaban J connectivity index is 2.51. The third-order valence-corrected chi connectivity index (χ3v) is 2.76. The van der Waals surface area contributed by atoms with Gasteiger partial charge in [0.05, 0.1) is 26.3 Å². The molecule has 0 saturated carbocycles. The van der Waals surface area contributed by atoms with Gasteiger partial charge in [-0.1, -0.05) is 12.1 Å². The van der Waals surface area contributed by atoms with Crippen LogP contribution in [0.1, 0.15) is 8.22 Å². The Morgan fingerprint density at radius 2 is 1.90 bits per heavy atom. The maximum absolute atomic E-state index is 12.9. The number of methoxy groups -OCH3 is 1. The summed E-state index contributed by atoms with van der Waals surface area (Å²) in [6.45, 7) is 0. The number of hydrogen-bond acceptors (Lipinski definition) is 5. The lowest BCUT2D eigenvalue weighted by molar-refractivity contribution is 0.373. The second-order valence-electron chi connectivity index (χ2n) is 4.04. The third-order valence-electron chi connectivity index (χ3n) is 2.76. The van der Waals surface area contributed by atoms with Gasteiger partial charge >= 0.3 is 0 Å². The molecule has 0 amide bonds. The van der Waals surface area contributed by atoms with E-state index in [1.165, 1.54) is 0 Å². The molecule has 0 spiro atoms. The maximum atomic E-state index is 12.9. The summed E-state index contributed by atoms with van der Waals surface area (Å²) in [6, 6.07) is -3.92. The second-order valence-corrected chi connectivity index (χ2v) is 4.04. The standard InChI is InChI=1S/C16H12O5/c1-20-15-6-11-14(7-13(15)18)21-8-12(16(11)19)9-2-4-10(17)5-3-9/h2-8,17-18H,1H3/i2D,3D,4D,5D,6D,7D. The van der Waals surface area contributed by atoms with E-state index in [1.54, 1.807) is 0 Å². The van der Waals surface area contributed by atoms with Crippen molar-refractivity contribution >= 4 is 11.0 Å². The third kappa shape index (κ3) is 2.18. The van der Waals surface area contributed by atoms with E-state index in [0.29, 0.717) is 0 Å². The largest absolute Gasteiger partial charge is 0.508 e. The molecule has 21 heavy (non-hydrogen) atoms. The molecule has 0 aliphatic rings. The Hall–Kier alpha value is -2.95. The van der Waals surface area contributed by atoms with Crippen LogP contribution in [0.5, 0.6) is 17.2 Å². The minimum Gasteiger partial charge on any atom is -0.508 e. The summed E-state index contributed by atoms with van der Waals surface area (Å²) in [4.78, 5) is 12.9. The van der Waals surface area contributed by atoms with Gasteiger partial charge in [0, 0.05) is 6.04 Å². The van der Waals surface area contributed by atoms with Crippen molar-refractivity contribution in [1.82, 2.24) is 0 Å². The van der Waals surface area contributed by atoms with E-state index in [2.05, 4.69) is 0 Å². The number of hydrogen-bond donors (Lipinski definition) is 2. The first-order chi connectivity index (χ1) is 12.6. The quantitative estimate of drug-likeness (QED) is 0.758. The van der Waals surface area contributed by atoms with Crippen LogP contribution >= 0.6 is 0 Å². The minimum atomic E-state index is -0.903. The van der Waals surface area contributed by atoms with Gasteiger partial charge in [-0.05, 0) is 23.7 Å². The fourth-order valence-corrected chi connectivity index (χ4v) is 1.77. The van der Waals surface area contributed by atoms with Gasteiger partial charge in [0.2, 0.25) is 5.43 Å². The lowest BCUT2D eigenvalue weighted by Gasteiger charge is -2.06. The van der Waals surface area contributed by atoms with E-state index < -0.39 is 69.9 Å². The molecule has 106 valence electrons. The Bertz CT molecular complexity index is 1140. The fraction of sp³-hybridized carbons (Fsp3) is 0.0625. The van der Waals surface area contributed by atoms with Crippen molar-refractivity contribution in [3.8, 4) is 28.4 Å². The monoisotopic (exact) mass is 290 g/mol. The Labute approximate surface area is 128 Å². The summed E-state index contributed by atoms with van der Waals surface area (Å²) >= 11 is 0. The van der Waals surface area contributed by atoms with Crippen LogP contribution in [0.2, 0.25) is 0 Å². The number of phenolic OH excluding ortho intramolecular Hbond substituents is 2. The number of ether oxygens (including phenoxy) is 1. The number of rotatable bonds is 2. The van der Waals surface area contributed by atoms with Crippen LogP contribution in [0.25, 0.3) is 22.1 Å². The van der Waals surface area contributed by atoms with Crippen molar-refractivity contribution in [3.63, 3.8) is 0 Å². The van der Waals surface area contributed by atoms with Gasteiger partial charge in [0.1, 0.15) is 17.6 Å². The minimum absolute atomic E-state index is 0.388. The Morgan fingerprint density at radius 3 is 2.57 bits per heavy atom. The van der Waals surface area contributed by atoms with Gasteiger partial charge in [-0.25, -0.2) is 0 Å². The molecule has 0 radical (unpaired) electrons. The normalized spacial score (nSPS) is 14.7. The topological polar surface area (TPSA) is 79.9 Å². The zero-order chi connectivity index (χ0) is 20.2. The van der Waals surface area contributed by atoms with E-state index in [1.807, 2.05) is 0 Å². The summed E-state index contributed by atoms with van der Waals surface area (Å²) in [6.07, 6.45) is 0.829. The van der Waals surface area contributed by atoms with E-state index >= 15 is 0 Å². The van der Waals surface area contributed by atoms with E-state index in [4.69, 9.17) is 17.4 Å². The highest BCUT2D eigenvalue weighted by molar-refractivity contribution is 5.84. The molecular formula is C16H12O5. The first kappa shape index (κ1) is 7.73. The van der Waals surface area contributed by atoms with Gasteiger partial charge in [-0.2, -0.15) is 0 Å². The predicted molar refractivity (Wildman–Crippen MR) is 77.8 cm³/mol. The summed E-state index contributed by atoms with van der Waals surface area (Å²) in [5.74, 6) is -1.96. The average Bonchev–Trinajstić information content (AvgIpc) is 2.64. The fourth-order valence-electron chi connectivity index (χ4n) is 1.77. The number of benzene rings is 2. The molecule has 1 heterocycles. The summed E-state index contributed by atoms with van der Waals surface area (Å²) in [5, 5.41) is 19.1. The molecule has 0 aliphatic carbocycles. The van der Waals surface area contributed by atoms with Gasteiger partial charge in [0.15, 0.2) is 11.5 Å². The van der Waals surface area contributed by atoms with Crippen molar-refractivity contribution in [1.29, 1.82) is 0 Å². The average molecular weight is 290 g/mol. The van der Waals surface area contributed by atoms with Gasteiger partial charge < -0.3 is 19.4 Å². The van der Waals surface area contributed by atoms with Crippen LogP contribution in [0.3, 0.4) is 0 Å². The van der Waals surface area contributed by atoms with E-state index in [0.717, 1.165) is 13.4 Å². The molecular weight excluding hydrogens is 272 g/mol. The highest BCUT2D eigenvalue weighted by Gasteiger charge is 2.12. The van der Waals surface area contributed by atoms with Crippen LogP contribution in [-0.4, -0.2) is 17.3 Å². The van der Waals surface area contributed by atoms with Crippen molar-refractivity contribution in [3.05, 3.63) is 52.7 Å².